The standard InChI is InChI=1S/C14H23ClN2O4/c1-12(2,3)21-11(19)17-14-7-13(8-14,9-14)16-10(18)6-20-5-4-15/h4-9H2,1-3H3,(H,16,18)(H,17,19). The molecule has 6 nitrogen and oxygen atoms in total. The minimum Gasteiger partial charge on any atom is -0.444 e. The van der Waals surface area contributed by atoms with E-state index < -0.39 is 11.7 Å². The molecule has 0 aliphatic heterocycles. The molecule has 21 heavy (non-hydrogen) atoms. The van der Waals surface area contributed by atoms with Crippen molar-refractivity contribution in [1.29, 1.82) is 0 Å². The van der Waals surface area contributed by atoms with E-state index in [9.17, 15) is 9.59 Å². The number of alkyl carbamates (subject to hydrolysis) is 1. The van der Waals surface area contributed by atoms with E-state index in [1.54, 1.807) is 0 Å². The molecule has 3 rings (SSSR count). The Bertz CT molecular complexity index is 413. The predicted octanol–water partition coefficient (Wildman–Crippen LogP) is 1.56. The van der Waals surface area contributed by atoms with Gasteiger partial charge in [0.1, 0.15) is 12.2 Å². The van der Waals surface area contributed by atoms with Crippen molar-refractivity contribution in [1.82, 2.24) is 10.6 Å². The fourth-order valence-electron chi connectivity index (χ4n) is 3.12. The number of amides is 2. The number of carbonyl (C=O) groups is 2. The zero-order valence-corrected chi connectivity index (χ0v) is 13.5. The highest BCUT2D eigenvalue weighted by atomic mass is 35.5. The first kappa shape index (κ1) is 16.4. The van der Waals surface area contributed by atoms with Crippen LogP contribution in [-0.4, -0.2) is 47.8 Å². The molecule has 0 aromatic heterocycles. The van der Waals surface area contributed by atoms with Crippen LogP contribution in [0.1, 0.15) is 40.0 Å². The summed E-state index contributed by atoms with van der Waals surface area (Å²) in [5.41, 5.74) is -0.873. The van der Waals surface area contributed by atoms with Crippen molar-refractivity contribution in [2.24, 2.45) is 0 Å². The summed E-state index contributed by atoms with van der Waals surface area (Å²) < 4.78 is 10.3. The van der Waals surface area contributed by atoms with Crippen LogP contribution < -0.4 is 10.6 Å². The van der Waals surface area contributed by atoms with Crippen LogP contribution in [-0.2, 0) is 14.3 Å². The van der Waals surface area contributed by atoms with E-state index in [-0.39, 0.29) is 23.6 Å². The van der Waals surface area contributed by atoms with E-state index in [2.05, 4.69) is 10.6 Å². The topological polar surface area (TPSA) is 76.7 Å². The Kier molecular flexibility index (Phi) is 4.40. The van der Waals surface area contributed by atoms with Crippen molar-refractivity contribution in [3.05, 3.63) is 0 Å². The number of rotatable bonds is 6. The smallest absolute Gasteiger partial charge is 0.408 e. The lowest BCUT2D eigenvalue weighted by Crippen LogP contribution is -2.84. The molecule has 3 fully saturated rings. The highest BCUT2D eigenvalue weighted by molar-refractivity contribution is 6.17. The largest absolute Gasteiger partial charge is 0.444 e. The Balaban J connectivity index is 1.68. The van der Waals surface area contributed by atoms with Crippen LogP contribution in [0.25, 0.3) is 0 Å². The van der Waals surface area contributed by atoms with Gasteiger partial charge in [-0.15, -0.1) is 11.6 Å². The molecule has 0 aromatic rings. The van der Waals surface area contributed by atoms with E-state index in [4.69, 9.17) is 21.1 Å². The van der Waals surface area contributed by atoms with Crippen LogP contribution in [0.5, 0.6) is 0 Å². The zero-order valence-electron chi connectivity index (χ0n) is 12.8. The van der Waals surface area contributed by atoms with Crippen LogP contribution >= 0.6 is 11.6 Å². The Morgan fingerprint density at radius 2 is 1.71 bits per heavy atom. The quantitative estimate of drug-likeness (QED) is 0.575. The first-order valence-electron chi connectivity index (χ1n) is 7.14. The average molecular weight is 319 g/mol. The van der Waals surface area contributed by atoms with Crippen molar-refractivity contribution < 1.29 is 19.1 Å². The maximum atomic E-state index is 11.7. The molecular formula is C14H23ClN2O4. The Morgan fingerprint density at radius 1 is 1.14 bits per heavy atom. The molecule has 2 N–H and O–H groups in total. The third-order valence-corrected chi connectivity index (χ3v) is 3.81. The summed E-state index contributed by atoms with van der Waals surface area (Å²) in [4.78, 5) is 23.4. The number of carbonyl (C=O) groups excluding carboxylic acids is 2. The lowest BCUT2D eigenvalue weighted by atomic mass is 9.44. The summed E-state index contributed by atoms with van der Waals surface area (Å²) in [6.45, 7) is 5.89. The number of nitrogens with one attached hydrogen (secondary N) is 2. The van der Waals surface area contributed by atoms with Gasteiger partial charge in [0.15, 0.2) is 0 Å². The van der Waals surface area contributed by atoms with Crippen LogP contribution in [0.15, 0.2) is 0 Å². The van der Waals surface area contributed by atoms with Crippen LogP contribution in [0.2, 0.25) is 0 Å². The summed E-state index contributed by atoms with van der Waals surface area (Å²) in [5.74, 6) is 0.243. The molecule has 0 atom stereocenters. The van der Waals surface area contributed by atoms with Crippen LogP contribution in [0.4, 0.5) is 4.79 Å². The second-order valence-electron chi connectivity index (χ2n) is 7.01. The van der Waals surface area contributed by atoms with Gasteiger partial charge >= 0.3 is 6.09 Å². The molecule has 3 aliphatic carbocycles. The molecule has 0 saturated heterocycles. The average Bonchev–Trinajstić information content (AvgIpc) is 2.22. The van der Waals surface area contributed by atoms with Crippen molar-refractivity contribution in [3.63, 3.8) is 0 Å². The van der Waals surface area contributed by atoms with Gasteiger partial charge in [-0.2, -0.15) is 0 Å². The lowest BCUT2D eigenvalue weighted by Gasteiger charge is -2.70. The molecule has 7 heteroatoms. The van der Waals surface area contributed by atoms with Crippen molar-refractivity contribution in [2.45, 2.75) is 56.7 Å². The molecule has 2 bridgehead atoms. The fourth-order valence-corrected chi connectivity index (χ4v) is 3.23. The molecule has 3 aliphatic rings. The Morgan fingerprint density at radius 3 is 2.24 bits per heavy atom. The first-order chi connectivity index (χ1) is 9.68. The molecule has 0 aromatic carbocycles. The summed E-state index contributed by atoms with van der Waals surface area (Å²) in [6.07, 6.45) is 1.86. The van der Waals surface area contributed by atoms with E-state index >= 15 is 0 Å². The van der Waals surface area contributed by atoms with E-state index in [0.29, 0.717) is 12.5 Å². The number of hydrogen-bond acceptors (Lipinski definition) is 4. The molecule has 3 saturated carbocycles. The number of hydrogen-bond donors (Lipinski definition) is 2. The molecular weight excluding hydrogens is 296 g/mol. The summed E-state index contributed by atoms with van der Waals surface area (Å²) >= 11 is 5.47. The van der Waals surface area contributed by atoms with Gasteiger partial charge in [-0.1, -0.05) is 0 Å². The van der Waals surface area contributed by atoms with Gasteiger partial charge in [-0.3, -0.25) is 4.79 Å². The molecule has 0 radical (unpaired) electrons. The van der Waals surface area contributed by atoms with Gasteiger partial charge in [0, 0.05) is 11.4 Å². The minimum atomic E-state index is -0.501. The third-order valence-electron chi connectivity index (χ3n) is 3.66. The maximum absolute atomic E-state index is 11.7. The highest BCUT2D eigenvalue weighted by Crippen LogP contribution is 2.60. The highest BCUT2D eigenvalue weighted by Gasteiger charge is 2.69. The van der Waals surface area contributed by atoms with Crippen LogP contribution in [0, 0.1) is 0 Å². The van der Waals surface area contributed by atoms with Crippen molar-refractivity contribution in [3.8, 4) is 0 Å². The SMILES string of the molecule is CC(C)(C)OC(=O)NC12CC(NC(=O)COCCCl)(C1)C2. The number of halogens is 1. The summed E-state index contributed by atoms with van der Waals surface area (Å²) in [6, 6.07) is 0. The van der Waals surface area contributed by atoms with Gasteiger partial charge in [0.25, 0.3) is 0 Å². The van der Waals surface area contributed by atoms with Gasteiger partial charge in [0.05, 0.1) is 12.1 Å². The maximum Gasteiger partial charge on any atom is 0.408 e. The third kappa shape index (κ3) is 4.01. The first-order valence-corrected chi connectivity index (χ1v) is 7.67. The van der Waals surface area contributed by atoms with Gasteiger partial charge in [-0.05, 0) is 40.0 Å². The van der Waals surface area contributed by atoms with Gasteiger partial charge < -0.3 is 20.1 Å². The molecule has 0 heterocycles. The van der Waals surface area contributed by atoms with Crippen molar-refractivity contribution >= 4 is 23.6 Å². The summed E-state index contributed by atoms with van der Waals surface area (Å²) in [5, 5.41) is 5.87. The Hall–Kier alpha value is -1.01. The van der Waals surface area contributed by atoms with E-state index in [1.165, 1.54) is 0 Å². The van der Waals surface area contributed by atoms with E-state index in [0.717, 1.165) is 19.3 Å². The summed E-state index contributed by atoms with van der Waals surface area (Å²) in [7, 11) is 0. The fraction of sp³-hybridized carbons (Fsp3) is 0.857. The second kappa shape index (κ2) is 5.65. The number of ether oxygens (including phenoxy) is 2. The van der Waals surface area contributed by atoms with Crippen LogP contribution in [0.3, 0.4) is 0 Å². The zero-order chi connectivity index (χ0) is 15.7. The van der Waals surface area contributed by atoms with Gasteiger partial charge in [-0.25, -0.2) is 4.79 Å². The minimum absolute atomic E-state index is 0.0287. The normalized spacial score (nSPS) is 29.9. The lowest BCUT2D eigenvalue weighted by molar-refractivity contribution is -0.144. The van der Waals surface area contributed by atoms with E-state index in [1.807, 2.05) is 20.8 Å². The van der Waals surface area contributed by atoms with Crippen molar-refractivity contribution in [2.75, 3.05) is 19.1 Å². The molecule has 0 unspecified atom stereocenters. The second-order valence-corrected chi connectivity index (χ2v) is 7.39. The number of alkyl halides is 1. The predicted molar refractivity (Wildman–Crippen MR) is 78.4 cm³/mol. The van der Waals surface area contributed by atoms with Gasteiger partial charge in [0.2, 0.25) is 5.91 Å². The molecule has 120 valence electrons. The molecule has 2 amide bonds. The Labute approximate surface area is 129 Å². The monoisotopic (exact) mass is 318 g/mol. The molecule has 0 spiro atoms.